The molecule has 0 bridgehead atoms. The van der Waals surface area contributed by atoms with Crippen molar-refractivity contribution in [2.45, 2.75) is 174 Å². The summed E-state index contributed by atoms with van der Waals surface area (Å²) >= 11 is 0. The highest BCUT2D eigenvalue weighted by atomic mass is 31.2. The lowest BCUT2D eigenvalue weighted by atomic mass is 10.1. The van der Waals surface area contributed by atoms with E-state index in [0.29, 0.717) is 23.9 Å². The molecular formula is C48H85NO8P+. The van der Waals surface area contributed by atoms with Gasteiger partial charge in [-0.2, -0.15) is 0 Å². The number of esters is 2. The molecule has 0 aromatic heterocycles. The summed E-state index contributed by atoms with van der Waals surface area (Å²) in [5, 5.41) is 0. The molecule has 0 aliphatic carbocycles. The van der Waals surface area contributed by atoms with Crippen LogP contribution in [-0.2, 0) is 32.7 Å². The first-order valence-corrected chi connectivity index (χ1v) is 24.2. The number of phosphoric acid groups is 1. The van der Waals surface area contributed by atoms with E-state index in [1.807, 2.05) is 39.4 Å². The van der Waals surface area contributed by atoms with Crippen LogP contribution in [0.3, 0.4) is 0 Å². The van der Waals surface area contributed by atoms with Crippen LogP contribution in [0, 0.1) is 0 Å². The molecule has 334 valence electrons. The number of allylic oxidation sites excluding steroid dienone is 12. The lowest BCUT2D eigenvalue weighted by Gasteiger charge is -2.24. The molecule has 0 amide bonds. The topological polar surface area (TPSA) is 108 Å². The van der Waals surface area contributed by atoms with Gasteiger partial charge in [0.05, 0.1) is 27.7 Å². The van der Waals surface area contributed by atoms with Gasteiger partial charge < -0.3 is 18.9 Å². The predicted octanol–water partition coefficient (Wildman–Crippen LogP) is 13.0. The Morgan fingerprint density at radius 2 is 0.931 bits per heavy atom. The summed E-state index contributed by atoms with van der Waals surface area (Å²) in [6, 6.07) is 0. The Kier molecular flexibility index (Phi) is 38.1. The van der Waals surface area contributed by atoms with Gasteiger partial charge in [0.25, 0.3) is 0 Å². The molecule has 0 radical (unpaired) electrons. The summed E-state index contributed by atoms with van der Waals surface area (Å²) in [5.41, 5.74) is 0. The summed E-state index contributed by atoms with van der Waals surface area (Å²) in [5.74, 6) is -0.956. The molecule has 58 heavy (non-hydrogen) atoms. The van der Waals surface area contributed by atoms with E-state index >= 15 is 0 Å². The number of ether oxygens (including phenoxy) is 2. The van der Waals surface area contributed by atoms with E-state index in [-0.39, 0.29) is 26.1 Å². The van der Waals surface area contributed by atoms with Crippen molar-refractivity contribution >= 4 is 19.8 Å². The van der Waals surface area contributed by atoms with E-state index in [9.17, 15) is 19.0 Å². The number of hydrogen-bond donors (Lipinski definition) is 1. The molecule has 0 aliphatic rings. The second kappa shape index (κ2) is 39.9. The third kappa shape index (κ3) is 43.0. The molecule has 0 saturated carbocycles. The normalized spacial score (nSPS) is 14.2. The minimum Gasteiger partial charge on any atom is -0.462 e. The summed E-state index contributed by atoms with van der Waals surface area (Å²) in [7, 11) is 1.41. The average Bonchev–Trinajstić information content (AvgIpc) is 3.17. The van der Waals surface area contributed by atoms with Gasteiger partial charge in [-0.3, -0.25) is 18.6 Å². The summed E-state index contributed by atoms with van der Waals surface area (Å²) in [6.07, 6.45) is 49.8. The van der Waals surface area contributed by atoms with Crippen molar-refractivity contribution in [2.75, 3.05) is 47.5 Å². The molecule has 1 N–H and O–H groups in total. The number of unbranched alkanes of at least 4 members (excludes halogenated alkanes) is 14. The highest BCUT2D eigenvalue weighted by molar-refractivity contribution is 7.47. The summed E-state index contributed by atoms with van der Waals surface area (Å²) < 4.78 is 34.2. The van der Waals surface area contributed by atoms with Gasteiger partial charge in [-0.15, -0.1) is 0 Å². The molecule has 0 aromatic rings. The largest absolute Gasteiger partial charge is 0.472 e. The van der Waals surface area contributed by atoms with Crippen molar-refractivity contribution in [1.82, 2.24) is 0 Å². The quantitative estimate of drug-likeness (QED) is 0.0214. The summed E-state index contributed by atoms with van der Waals surface area (Å²) in [6.45, 7) is 4.25. The fraction of sp³-hybridized carbons (Fsp3) is 0.708. The second-order valence-corrected chi connectivity index (χ2v) is 17.5. The third-order valence-corrected chi connectivity index (χ3v) is 10.2. The maximum atomic E-state index is 12.7. The Morgan fingerprint density at radius 3 is 1.45 bits per heavy atom. The Morgan fingerprint density at radius 1 is 0.534 bits per heavy atom. The Labute approximate surface area is 355 Å². The molecule has 0 saturated heterocycles. The van der Waals surface area contributed by atoms with Crippen LogP contribution >= 0.6 is 7.82 Å². The van der Waals surface area contributed by atoms with Crippen molar-refractivity contribution in [3.8, 4) is 0 Å². The zero-order valence-corrected chi connectivity index (χ0v) is 38.4. The van der Waals surface area contributed by atoms with E-state index in [0.717, 1.165) is 38.5 Å². The molecular weight excluding hydrogens is 750 g/mol. The number of nitrogens with zero attached hydrogens (tertiary/aromatic N) is 1. The minimum atomic E-state index is -4.41. The van der Waals surface area contributed by atoms with E-state index < -0.39 is 32.5 Å². The number of rotatable bonds is 40. The number of carbonyl (C=O) groups excluding carboxylic acids is 2. The van der Waals surface area contributed by atoms with Gasteiger partial charge in [0, 0.05) is 12.8 Å². The van der Waals surface area contributed by atoms with Crippen LogP contribution in [0.5, 0.6) is 0 Å². The molecule has 0 heterocycles. The zero-order chi connectivity index (χ0) is 42.8. The molecule has 10 heteroatoms. The van der Waals surface area contributed by atoms with E-state index in [4.69, 9.17) is 18.5 Å². The maximum Gasteiger partial charge on any atom is 0.472 e. The van der Waals surface area contributed by atoms with Crippen molar-refractivity contribution in [1.29, 1.82) is 0 Å². The molecule has 0 rings (SSSR count). The Hall–Kier alpha value is -2.55. The van der Waals surface area contributed by atoms with Crippen molar-refractivity contribution < 1.29 is 42.1 Å². The van der Waals surface area contributed by atoms with Crippen LogP contribution in [0.25, 0.3) is 0 Å². The number of hydrogen-bond acceptors (Lipinski definition) is 7. The third-order valence-electron chi connectivity index (χ3n) is 9.24. The predicted molar refractivity (Wildman–Crippen MR) is 242 cm³/mol. The molecule has 0 fully saturated rings. The van der Waals surface area contributed by atoms with Gasteiger partial charge in [0.2, 0.25) is 0 Å². The average molecular weight is 835 g/mol. The smallest absolute Gasteiger partial charge is 0.462 e. The van der Waals surface area contributed by atoms with Crippen molar-refractivity contribution in [3.63, 3.8) is 0 Å². The first-order valence-electron chi connectivity index (χ1n) is 22.7. The first kappa shape index (κ1) is 55.5. The number of phosphoric ester groups is 1. The molecule has 0 spiro atoms. The fourth-order valence-corrected chi connectivity index (χ4v) is 6.40. The lowest BCUT2D eigenvalue weighted by Crippen LogP contribution is -2.37. The Balaban J connectivity index is 4.53. The molecule has 1 unspecified atom stereocenters. The molecule has 9 nitrogen and oxygen atoms in total. The maximum absolute atomic E-state index is 12.7. The van der Waals surface area contributed by atoms with Crippen LogP contribution in [0.1, 0.15) is 168 Å². The van der Waals surface area contributed by atoms with Crippen LogP contribution in [0.15, 0.2) is 72.9 Å². The van der Waals surface area contributed by atoms with Crippen LogP contribution in [-0.4, -0.2) is 74.9 Å². The fourth-order valence-electron chi connectivity index (χ4n) is 5.66. The monoisotopic (exact) mass is 835 g/mol. The molecule has 0 aromatic carbocycles. The van der Waals surface area contributed by atoms with Gasteiger partial charge in [-0.25, -0.2) is 4.57 Å². The number of carbonyl (C=O) groups is 2. The standard InChI is InChI=1S/C48H84NO8P/c1-6-8-10-12-14-16-18-20-22-23-24-25-27-29-31-33-35-37-39-41-48(51)57-46(45-56-58(52,53)55-43-42-49(3,4)5)44-54-47(50)40-38-36-34-32-30-28-26-21-19-17-15-13-11-9-7-2/h14,16,20,22,24-25,29,31,34-37,46H,6-13,15,17-19,21,23,26-28,30,32-33,38-45H2,1-5H3/p+1/b16-14+,22-20+,25-24+,31-29+,36-34+,37-35+/t46-/m1/s1. The highest BCUT2D eigenvalue weighted by Gasteiger charge is 2.27. The zero-order valence-electron chi connectivity index (χ0n) is 37.5. The molecule has 2 atom stereocenters. The summed E-state index contributed by atoms with van der Waals surface area (Å²) in [4.78, 5) is 35.3. The van der Waals surface area contributed by atoms with E-state index in [1.165, 1.54) is 89.9 Å². The Bertz CT molecular complexity index is 1220. The molecule has 0 aliphatic heterocycles. The van der Waals surface area contributed by atoms with Gasteiger partial charge >= 0.3 is 19.8 Å². The van der Waals surface area contributed by atoms with Crippen molar-refractivity contribution in [3.05, 3.63) is 72.9 Å². The van der Waals surface area contributed by atoms with E-state index in [2.05, 4.69) is 68.5 Å². The van der Waals surface area contributed by atoms with Crippen molar-refractivity contribution in [2.24, 2.45) is 0 Å². The van der Waals surface area contributed by atoms with E-state index in [1.54, 1.807) is 0 Å². The van der Waals surface area contributed by atoms with Crippen LogP contribution < -0.4 is 0 Å². The lowest BCUT2D eigenvalue weighted by molar-refractivity contribution is -0.870. The SMILES string of the molecule is CCCCC/C=C/C/C=C/C/C=C/C/C=C/C/C=C/CCC(=O)O[C@H](COC(=O)CC/C=C/CCCCCCCCCCCCC)COP(=O)(O)OCC[N+](C)(C)C. The van der Waals surface area contributed by atoms with Gasteiger partial charge in [0.1, 0.15) is 19.8 Å². The number of likely N-dealkylation sites (N-methyl/N-ethyl adjacent to an activating group) is 1. The minimum absolute atomic E-state index is 0.0108. The second-order valence-electron chi connectivity index (χ2n) is 16.1. The van der Waals surface area contributed by atoms with Gasteiger partial charge in [0.15, 0.2) is 6.10 Å². The first-order chi connectivity index (χ1) is 28.0. The van der Waals surface area contributed by atoms with Gasteiger partial charge in [-0.1, -0.05) is 164 Å². The number of quaternary nitrogens is 1. The van der Waals surface area contributed by atoms with Gasteiger partial charge in [-0.05, 0) is 64.2 Å². The van der Waals surface area contributed by atoms with Crippen LogP contribution in [0.2, 0.25) is 0 Å². The highest BCUT2D eigenvalue weighted by Crippen LogP contribution is 2.43. The van der Waals surface area contributed by atoms with Crippen LogP contribution in [0.4, 0.5) is 0 Å².